The third-order valence-corrected chi connectivity index (χ3v) is 5.80. The zero-order valence-electron chi connectivity index (χ0n) is 19.5. The van der Waals surface area contributed by atoms with Crippen molar-refractivity contribution in [2.45, 2.75) is 116 Å². The predicted molar refractivity (Wildman–Crippen MR) is 125 cm³/mol. The van der Waals surface area contributed by atoms with Crippen LogP contribution in [0.1, 0.15) is 116 Å². The molecule has 0 aliphatic heterocycles. The molecule has 0 aromatic rings. The van der Waals surface area contributed by atoms with Gasteiger partial charge < -0.3 is 16.9 Å². The molecule has 0 spiro atoms. The van der Waals surface area contributed by atoms with Gasteiger partial charge in [0.2, 0.25) is 0 Å². The van der Waals surface area contributed by atoms with Crippen LogP contribution in [0.2, 0.25) is 0 Å². The molecule has 0 unspecified atom stereocenters. The molecule has 0 aliphatic carbocycles. The van der Waals surface area contributed by atoms with Crippen molar-refractivity contribution in [2.75, 3.05) is 27.2 Å². The second kappa shape index (κ2) is 23.0. The maximum absolute atomic E-state index is 3.86. The van der Waals surface area contributed by atoms with Crippen molar-refractivity contribution in [1.82, 2.24) is 0 Å². The Morgan fingerprint density at radius 1 is 0.500 bits per heavy atom. The van der Waals surface area contributed by atoms with E-state index in [1.54, 1.807) is 0 Å². The monoisotopic (exact) mass is 413 g/mol. The lowest BCUT2D eigenvalue weighted by molar-refractivity contribution is -0.884. The number of nitrogens with zero attached hydrogens (tertiary/aromatic N) is 1. The van der Waals surface area contributed by atoms with Gasteiger partial charge in [-0.2, -0.15) is 0 Å². The number of allylic oxidation sites excluding steroid dienone is 1. The number of rotatable bonds is 22. The molecule has 0 atom stereocenters. The lowest BCUT2D eigenvalue weighted by Crippen LogP contribution is -3.00. The van der Waals surface area contributed by atoms with Crippen LogP contribution in [-0.2, 0) is 0 Å². The van der Waals surface area contributed by atoms with E-state index in [4.69, 9.17) is 0 Å². The van der Waals surface area contributed by atoms with Crippen LogP contribution in [0.4, 0.5) is 0 Å². The third-order valence-electron chi connectivity index (χ3n) is 5.80. The van der Waals surface area contributed by atoms with Crippen molar-refractivity contribution in [3.8, 4) is 0 Å². The molecule has 0 fully saturated rings. The summed E-state index contributed by atoms with van der Waals surface area (Å²) in [5, 5.41) is 0. The van der Waals surface area contributed by atoms with Gasteiger partial charge in [-0.15, -0.1) is 6.58 Å². The number of unbranched alkanes of at least 4 members (excludes halogenated alkanes) is 17. The number of hydrogen-bond acceptors (Lipinski definition) is 0. The fraction of sp³-hybridized carbons (Fsp3) is 0.846. The molecule has 168 valence electrons. The van der Waals surface area contributed by atoms with E-state index < -0.39 is 0 Å². The first-order valence-electron chi connectivity index (χ1n) is 12.2. The Balaban J connectivity index is 0. The fourth-order valence-electron chi connectivity index (χ4n) is 3.92. The van der Waals surface area contributed by atoms with Crippen molar-refractivity contribution in [2.24, 2.45) is 0 Å². The molecule has 0 aliphatic rings. The van der Waals surface area contributed by atoms with Gasteiger partial charge in [0, 0.05) is 0 Å². The zero-order chi connectivity index (χ0) is 20.1. The molecule has 0 aromatic carbocycles. The first-order chi connectivity index (χ1) is 13.1. The highest BCUT2D eigenvalue weighted by molar-refractivity contribution is 4.65. The Bertz CT molecular complexity index is 324. The highest BCUT2D eigenvalue weighted by Crippen LogP contribution is 2.14. The van der Waals surface area contributed by atoms with Gasteiger partial charge in [-0.25, -0.2) is 0 Å². The van der Waals surface area contributed by atoms with Gasteiger partial charge >= 0.3 is 0 Å². The van der Waals surface area contributed by atoms with E-state index in [0.717, 1.165) is 11.0 Å². The smallest absolute Gasteiger partial charge is 0.0966 e. The van der Waals surface area contributed by atoms with E-state index in [-0.39, 0.29) is 12.4 Å². The second-order valence-corrected chi connectivity index (χ2v) is 9.22. The first kappa shape index (κ1) is 29.9. The summed E-state index contributed by atoms with van der Waals surface area (Å²) in [7, 11) is 4.63. The fourth-order valence-corrected chi connectivity index (χ4v) is 3.92. The van der Waals surface area contributed by atoms with E-state index in [0.29, 0.717) is 0 Å². The standard InChI is InChI=1S/C26H52N.ClH/c1-5-7-8-9-10-11-12-13-14-15-16-17-18-19-20-21-22-23-24-26-27(3,4)25-6-2;/h5-6H,1-2,7-26H2,3-4H3;1H/q+1;/p-1. The molecule has 0 radical (unpaired) electrons. The van der Waals surface area contributed by atoms with Crippen LogP contribution in [0.5, 0.6) is 0 Å². The molecular weight excluding hydrogens is 362 g/mol. The average Bonchev–Trinajstić information content (AvgIpc) is 2.63. The quantitative estimate of drug-likeness (QED) is 0.125. The molecule has 0 amide bonds. The summed E-state index contributed by atoms with van der Waals surface area (Å²) < 4.78 is 1.10. The maximum Gasteiger partial charge on any atom is 0.0966 e. The minimum absolute atomic E-state index is 0. The molecule has 1 nitrogen and oxygen atoms in total. The van der Waals surface area contributed by atoms with Gasteiger partial charge in [0.15, 0.2) is 0 Å². The number of hydrogen-bond donors (Lipinski definition) is 0. The minimum atomic E-state index is 0. The van der Waals surface area contributed by atoms with E-state index in [2.05, 4.69) is 27.3 Å². The summed E-state index contributed by atoms with van der Waals surface area (Å²) in [5.41, 5.74) is 0. The van der Waals surface area contributed by atoms with Crippen molar-refractivity contribution in [1.29, 1.82) is 0 Å². The molecule has 0 N–H and O–H groups in total. The molecule has 28 heavy (non-hydrogen) atoms. The van der Waals surface area contributed by atoms with Crippen LogP contribution in [0, 0.1) is 0 Å². The second-order valence-electron chi connectivity index (χ2n) is 9.22. The van der Waals surface area contributed by atoms with E-state index >= 15 is 0 Å². The summed E-state index contributed by atoms with van der Waals surface area (Å²) in [4.78, 5) is 0. The molecule has 0 heterocycles. The zero-order valence-corrected chi connectivity index (χ0v) is 20.3. The van der Waals surface area contributed by atoms with Gasteiger partial charge in [-0.05, 0) is 31.8 Å². The molecule has 2 heteroatoms. The Morgan fingerprint density at radius 2 is 0.821 bits per heavy atom. The lowest BCUT2D eigenvalue weighted by Gasteiger charge is -2.28. The SMILES string of the molecule is C=CCCCCCCCCCCCCCCCCCCC[N+](C)(C)CC=C.[Cl-]. The van der Waals surface area contributed by atoms with Gasteiger partial charge in [0.25, 0.3) is 0 Å². The predicted octanol–water partition coefficient (Wildman–Crippen LogP) is 5.46. The van der Waals surface area contributed by atoms with Gasteiger partial charge in [0.05, 0.1) is 27.2 Å². The first-order valence-corrected chi connectivity index (χ1v) is 12.2. The molecule has 0 rings (SSSR count). The van der Waals surface area contributed by atoms with Crippen molar-refractivity contribution in [3.63, 3.8) is 0 Å². The van der Waals surface area contributed by atoms with Crippen LogP contribution < -0.4 is 12.4 Å². The normalized spacial score (nSPS) is 11.2. The van der Waals surface area contributed by atoms with Crippen molar-refractivity contribution in [3.05, 3.63) is 25.3 Å². The molecule has 0 saturated carbocycles. The number of halogens is 1. The highest BCUT2D eigenvalue weighted by atomic mass is 35.5. The van der Waals surface area contributed by atoms with Crippen LogP contribution >= 0.6 is 0 Å². The molecule has 0 bridgehead atoms. The van der Waals surface area contributed by atoms with E-state index in [1.165, 1.54) is 122 Å². The topological polar surface area (TPSA) is 0 Å². The van der Waals surface area contributed by atoms with E-state index in [9.17, 15) is 0 Å². The number of quaternary nitrogens is 1. The number of likely N-dealkylation sites (N-methyl/N-ethyl adjacent to an activating group) is 1. The largest absolute Gasteiger partial charge is 1.00 e. The third kappa shape index (κ3) is 23.8. The summed E-state index contributed by atoms with van der Waals surface area (Å²) >= 11 is 0. The average molecular weight is 414 g/mol. The van der Waals surface area contributed by atoms with Crippen molar-refractivity contribution >= 4 is 0 Å². The van der Waals surface area contributed by atoms with Crippen LogP contribution in [-0.4, -0.2) is 31.7 Å². The Hall–Kier alpha value is -0.270. The van der Waals surface area contributed by atoms with Crippen LogP contribution in [0.25, 0.3) is 0 Å². The minimum Gasteiger partial charge on any atom is -1.00 e. The molecule has 0 saturated heterocycles. The van der Waals surface area contributed by atoms with Crippen LogP contribution in [0.15, 0.2) is 25.3 Å². The summed E-state index contributed by atoms with van der Waals surface area (Å²) in [5.74, 6) is 0. The molecular formula is C26H52ClN. The Kier molecular flexibility index (Phi) is 24.6. The highest BCUT2D eigenvalue weighted by Gasteiger charge is 2.11. The summed E-state index contributed by atoms with van der Waals surface area (Å²) in [6.07, 6.45) is 29.7. The van der Waals surface area contributed by atoms with Gasteiger partial charge in [-0.3, -0.25) is 0 Å². The Morgan fingerprint density at radius 3 is 1.14 bits per heavy atom. The van der Waals surface area contributed by atoms with Gasteiger partial charge in [0.1, 0.15) is 0 Å². The van der Waals surface area contributed by atoms with Crippen LogP contribution in [0.3, 0.4) is 0 Å². The van der Waals surface area contributed by atoms with Crippen molar-refractivity contribution < 1.29 is 16.9 Å². The summed E-state index contributed by atoms with van der Waals surface area (Å²) in [6, 6.07) is 0. The molecule has 0 aromatic heterocycles. The van der Waals surface area contributed by atoms with E-state index in [1.807, 2.05) is 12.2 Å². The Labute approximate surface area is 185 Å². The summed E-state index contributed by atoms with van der Waals surface area (Å²) in [6.45, 7) is 10.0. The maximum atomic E-state index is 3.86. The lowest BCUT2D eigenvalue weighted by atomic mass is 10.0. The van der Waals surface area contributed by atoms with Gasteiger partial charge in [-0.1, -0.05) is 103 Å².